The number of anilines is 6. The van der Waals surface area contributed by atoms with Gasteiger partial charge in [-0.25, -0.2) is 0 Å². The minimum absolute atomic E-state index is 0.113. The second-order valence-corrected chi connectivity index (χ2v) is 14.9. The zero-order valence-electron chi connectivity index (χ0n) is 30.4. The molecule has 8 aromatic rings. The summed E-state index contributed by atoms with van der Waals surface area (Å²) in [5.41, 5.74) is 15.3. The van der Waals surface area contributed by atoms with Crippen LogP contribution in [0.1, 0.15) is 43.2 Å². The molecule has 1 fully saturated rings. The van der Waals surface area contributed by atoms with Gasteiger partial charge in [0.1, 0.15) is 0 Å². The van der Waals surface area contributed by atoms with E-state index in [1.54, 1.807) is 0 Å². The van der Waals surface area contributed by atoms with E-state index in [2.05, 4.69) is 204 Å². The van der Waals surface area contributed by atoms with Crippen LogP contribution < -0.4 is 9.80 Å². The lowest BCUT2D eigenvalue weighted by Crippen LogP contribution is -2.28. The Bertz CT molecular complexity index is 2560. The summed E-state index contributed by atoms with van der Waals surface area (Å²) < 4.78 is 0. The number of fused-ring (bicyclic) bond motifs is 6. The monoisotopic (exact) mass is 694 g/mol. The molecule has 0 saturated heterocycles. The lowest BCUT2D eigenvalue weighted by molar-refractivity contribution is 0.353. The molecule has 0 atom stereocenters. The minimum Gasteiger partial charge on any atom is -0.310 e. The first-order valence-corrected chi connectivity index (χ1v) is 19.4. The van der Waals surface area contributed by atoms with Crippen LogP contribution in [0.3, 0.4) is 0 Å². The van der Waals surface area contributed by atoms with Crippen LogP contribution in [0.2, 0.25) is 0 Å². The lowest BCUT2D eigenvalue weighted by atomic mass is 9.68. The zero-order chi connectivity index (χ0) is 35.9. The van der Waals surface area contributed by atoms with Crippen LogP contribution >= 0.6 is 0 Å². The third kappa shape index (κ3) is 5.49. The summed E-state index contributed by atoms with van der Waals surface area (Å²) in [6, 6.07) is 71.1. The van der Waals surface area contributed by atoms with Gasteiger partial charge in [-0.2, -0.15) is 0 Å². The van der Waals surface area contributed by atoms with Crippen molar-refractivity contribution in [1.82, 2.24) is 0 Å². The molecule has 0 aliphatic heterocycles. The van der Waals surface area contributed by atoms with Crippen molar-refractivity contribution in [3.8, 4) is 22.3 Å². The van der Waals surface area contributed by atoms with Gasteiger partial charge in [0.2, 0.25) is 0 Å². The number of hydrogen-bond acceptors (Lipinski definition) is 2. The van der Waals surface area contributed by atoms with Crippen LogP contribution in [0.5, 0.6) is 0 Å². The van der Waals surface area contributed by atoms with Gasteiger partial charge < -0.3 is 9.80 Å². The molecule has 2 aliphatic carbocycles. The predicted octanol–water partition coefficient (Wildman–Crippen LogP) is 14.7. The fraction of sp³-hybridized carbons (Fsp3) is 0.115. The summed E-state index contributed by atoms with van der Waals surface area (Å²) in [4.78, 5) is 4.79. The first-order chi connectivity index (χ1) is 26.8. The Hall–Kier alpha value is -6.38. The standard InChI is InChI=1S/C52H42N2/c1-4-17-41(18-5-1)53(45-33-34-48-47-22-10-11-23-49(47)52(50(48)37-45)35-12-3-13-36-52)43-29-25-38(26-30-43)39-27-31-44(32-28-39)54(42-19-6-2-7-20-42)51-24-14-16-40-15-8-9-21-46(40)51/h1-2,4-11,14-34,37H,3,12-13,35-36H2. The molecule has 0 radical (unpaired) electrons. The molecule has 0 N–H and O–H groups in total. The average Bonchev–Trinajstić information content (AvgIpc) is 3.50. The van der Waals surface area contributed by atoms with E-state index in [0.717, 1.165) is 22.7 Å². The molecule has 2 heteroatoms. The molecule has 1 saturated carbocycles. The molecule has 0 bridgehead atoms. The van der Waals surface area contributed by atoms with Gasteiger partial charge in [0, 0.05) is 39.2 Å². The van der Waals surface area contributed by atoms with E-state index in [1.807, 2.05) is 0 Å². The summed E-state index contributed by atoms with van der Waals surface area (Å²) in [5.74, 6) is 0. The molecular weight excluding hydrogens is 653 g/mol. The largest absolute Gasteiger partial charge is 0.310 e. The second-order valence-electron chi connectivity index (χ2n) is 14.9. The highest BCUT2D eigenvalue weighted by Crippen LogP contribution is 2.57. The fourth-order valence-electron chi connectivity index (χ4n) is 9.31. The smallest absolute Gasteiger partial charge is 0.0540 e. The van der Waals surface area contributed by atoms with E-state index < -0.39 is 0 Å². The van der Waals surface area contributed by atoms with Crippen molar-refractivity contribution >= 4 is 44.9 Å². The lowest BCUT2D eigenvalue weighted by Gasteiger charge is -2.36. The van der Waals surface area contributed by atoms with Gasteiger partial charge in [0.05, 0.1) is 5.69 Å². The molecule has 0 heterocycles. The summed E-state index contributed by atoms with van der Waals surface area (Å²) in [6.45, 7) is 0. The molecule has 1 spiro atoms. The van der Waals surface area contributed by atoms with Crippen LogP contribution in [0, 0.1) is 0 Å². The second kappa shape index (κ2) is 13.5. The third-order valence-corrected chi connectivity index (χ3v) is 11.8. The van der Waals surface area contributed by atoms with Gasteiger partial charge in [-0.05, 0) is 118 Å². The van der Waals surface area contributed by atoms with E-state index in [0.29, 0.717) is 0 Å². The molecule has 54 heavy (non-hydrogen) atoms. The molecule has 10 rings (SSSR count). The van der Waals surface area contributed by atoms with E-state index in [-0.39, 0.29) is 5.41 Å². The summed E-state index contributed by atoms with van der Waals surface area (Å²) in [7, 11) is 0. The molecule has 2 aliphatic rings. The van der Waals surface area contributed by atoms with Crippen molar-refractivity contribution in [2.75, 3.05) is 9.80 Å². The maximum absolute atomic E-state index is 2.51. The van der Waals surface area contributed by atoms with Gasteiger partial charge in [-0.15, -0.1) is 0 Å². The third-order valence-electron chi connectivity index (χ3n) is 11.8. The Morgan fingerprint density at radius 2 is 0.870 bits per heavy atom. The zero-order valence-corrected chi connectivity index (χ0v) is 30.4. The van der Waals surface area contributed by atoms with E-state index in [9.17, 15) is 0 Å². The van der Waals surface area contributed by atoms with Gasteiger partial charge in [0.15, 0.2) is 0 Å². The minimum atomic E-state index is 0.113. The fourth-order valence-corrected chi connectivity index (χ4v) is 9.31. The number of nitrogens with zero attached hydrogens (tertiary/aromatic N) is 2. The highest BCUT2D eigenvalue weighted by molar-refractivity contribution is 5.99. The summed E-state index contributed by atoms with van der Waals surface area (Å²) in [5, 5.41) is 2.46. The number of rotatable bonds is 7. The maximum atomic E-state index is 2.51. The first-order valence-electron chi connectivity index (χ1n) is 19.4. The van der Waals surface area contributed by atoms with Crippen LogP contribution in [-0.2, 0) is 5.41 Å². The Morgan fingerprint density at radius 1 is 0.352 bits per heavy atom. The molecule has 2 nitrogen and oxygen atoms in total. The van der Waals surface area contributed by atoms with Gasteiger partial charge >= 0.3 is 0 Å². The van der Waals surface area contributed by atoms with Gasteiger partial charge in [0.25, 0.3) is 0 Å². The van der Waals surface area contributed by atoms with Crippen molar-refractivity contribution in [3.63, 3.8) is 0 Å². The Balaban J connectivity index is 1.00. The maximum Gasteiger partial charge on any atom is 0.0540 e. The van der Waals surface area contributed by atoms with Crippen LogP contribution in [0.25, 0.3) is 33.0 Å². The van der Waals surface area contributed by atoms with E-state index in [4.69, 9.17) is 0 Å². The molecule has 0 aromatic heterocycles. The topological polar surface area (TPSA) is 6.48 Å². The van der Waals surface area contributed by atoms with E-state index >= 15 is 0 Å². The van der Waals surface area contributed by atoms with Crippen LogP contribution in [0.15, 0.2) is 194 Å². The first kappa shape index (κ1) is 32.3. The van der Waals surface area contributed by atoms with Crippen molar-refractivity contribution < 1.29 is 0 Å². The highest BCUT2D eigenvalue weighted by Gasteiger charge is 2.43. The van der Waals surface area contributed by atoms with E-state index in [1.165, 1.54) is 87.6 Å². The van der Waals surface area contributed by atoms with Crippen molar-refractivity contribution in [1.29, 1.82) is 0 Å². The molecular formula is C52H42N2. The van der Waals surface area contributed by atoms with Crippen molar-refractivity contribution in [2.24, 2.45) is 0 Å². The quantitative estimate of drug-likeness (QED) is 0.164. The SMILES string of the molecule is c1ccc(N(c2ccc(-c3ccc(N(c4ccccc4)c4cccc5ccccc45)cc3)cc2)c2ccc3c(c2)C2(CCCCC2)c2ccccc2-3)cc1. The molecule has 260 valence electrons. The molecule has 0 unspecified atom stereocenters. The van der Waals surface area contributed by atoms with Gasteiger partial charge in [-0.3, -0.25) is 0 Å². The van der Waals surface area contributed by atoms with Crippen LogP contribution in [0.4, 0.5) is 34.1 Å². The van der Waals surface area contributed by atoms with Crippen molar-refractivity contribution in [3.05, 3.63) is 205 Å². The van der Waals surface area contributed by atoms with Gasteiger partial charge in [-0.1, -0.05) is 147 Å². The predicted molar refractivity (Wildman–Crippen MR) is 228 cm³/mol. The van der Waals surface area contributed by atoms with Crippen LogP contribution in [-0.4, -0.2) is 0 Å². The molecule has 8 aromatic carbocycles. The Labute approximate surface area is 318 Å². The number of hydrogen-bond donors (Lipinski definition) is 0. The Kier molecular flexibility index (Phi) is 8.10. The van der Waals surface area contributed by atoms with Crippen molar-refractivity contribution in [2.45, 2.75) is 37.5 Å². The Morgan fingerprint density at radius 3 is 1.57 bits per heavy atom. The number of benzene rings is 8. The number of para-hydroxylation sites is 2. The summed E-state index contributed by atoms with van der Waals surface area (Å²) in [6.07, 6.45) is 6.36. The molecule has 0 amide bonds. The highest BCUT2D eigenvalue weighted by atomic mass is 15.1. The normalized spacial score (nSPS) is 14.1. The summed E-state index contributed by atoms with van der Waals surface area (Å²) >= 11 is 0. The average molecular weight is 695 g/mol.